The first kappa shape index (κ1) is 27.4. The van der Waals surface area contributed by atoms with Crippen LogP contribution in [0.15, 0.2) is 0 Å². The average molecular weight is 505 g/mol. The van der Waals surface area contributed by atoms with Gasteiger partial charge in [-0.3, -0.25) is 14.4 Å². The Morgan fingerprint density at radius 2 is 1.53 bits per heavy atom. The first-order valence-electron chi connectivity index (χ1n) is 14.4. The van der Waals surface area contributed by atoms with E-state index in [0.717, 1.165) is 51.4 Å². The molecule has 0 aromatic heterocycles. The molecule has 0 aromatic rings. The molecule has 0 radical (unpaired) electrons. The number of fused-ring (bicyclic) bond motifs is 5. The Hall–Kier alpha value is -1.59. The monoisotopic (exact) mass is 504 g/mol. The van der Waals surface area contributed by atoms with Crippen molar-refractivity contribution in [2.75, 3.05) is 0 Å². The minimum atomic E-state index is -0.227. The van der Waals surface area contributed by atoms with E-state index in [2.05, 4.69) is 27.7 Å². The summed E-state index contributed by atoms with van der Waals surface area (Å²) in [6.07, 6.45) is 8.57. The lowest BCUT2D eigenvalue weighted by atomic mass is 9.43. The van der Waals surface area contributed by atoms with Crippen LogP contribution in [0.5, 0.6) is 0 Å². The van der Waals surface area contributed by atoms with Gasteiger partial charge in [-0.05, 0) is 80.0 Å². The van der Waals surface area contributed by atoms with Gasteiger partial charge in [0, 0.05) is 32.1 Å². The summed E-state index contributed by atoms with van der Waals surface area (Å²) < 4.78 is 18.0. The van der Waals surface area contributed by atoms with Crippen molar-refractivity contribution in [1.82, 2.24) is 0 Å². The van der Waals surface area contributed by atoms with Crippen LogP contribution in [-0.2, 0) is 28.6 Å². The molecule has 0 amide bonds. The Bertz CT molecular complexity index is 854. The van der Waals surface area contributed by atoms with Gasteiger partial charge >= 0.3 is 17.9 Å². The van der Waals surface area contributed by atoms with Gasteiger partial charge in [0.05, 0.1) is 0 Å². The maximum atomic E-state index is 12.4. The van der Waals surface area contributed by atoms with Gasteiger partial charge in [0.25, 0.3) is 0 Å². The number of rotatable bonds is 6. The topological polar surface area (TPSA) is 78.9 Å². The van der Waals surface area contributed by atoms with Gasteiger partial charge in [-0.15, -0.1) is 0 Å². The molecule has 4 rings (SSSR count). The second kappa shape index (κ2) is 10.3. The molecular formula is C30H48O6. The van der Waals surface area contributed by atoms with Crippen LogP contribution < -0.4 is 0 Å². The Balaban J connectivity index is 1.73. The molecule has 0 N–H and O–H groups in total. The summed E-state index contributed by atoms with van der Waals surface area (Å²) in [6.45, 7) is 13.9. The van der Waals surface area contributed by atoms with Crippen LogP contribution >= 0.6 is 0 Å². The summed E-state index contributed by atoms with van der Waals surface area (Å²) in [5, 5.41) is 0. The lowest BCUT2D eigenvalue weighted by Crippen LogP contribution is -2.63. The fraction of sp³-hybridized carbons (Fsp3) is 0.900. The predicted molar refractivity (Wildman–Crippen MR) is 137 cm³/mol. The van der Waals surface area contributed by atoms with Crippen LogP contribution in [0, 0.1) is 46.3 Å². The molecule has 0 aromatic carbocycles. The molecule has 0 heterocycles. The van der Waals surface area contributed by atoms with Crippen LogP contribution in [0.4, 0.5) is 0 Å². The van der Waals surface area contributed by atoms with Crippen LogP contribution in [0.1, 0.15) is 106 Å². The molecule has 204 valence electrons. The Morgan fingerprint density at radius 3 is 2.14 bits per heavy atom. The molecule has 0 bridgehead atoms. The predicted octanol–water partition coefficient (Wildman–Crippen LogP) is 6.10. The highest BCUT2D eigenvalue weighted by molar-refractivity contribution is 5.67. The van der Waals surface area contributed by atoms with Crippen LogP contribution in [0.25, 0.3) is 0 Å². The maximum absolute atomic E-state index is 12.4. The highest BCUT2D eigenvalue weighted by Crippen LogP contribution is 2.69. The van der Waals surface area contributed by atoms with Gasteiger partial charge in [0.1, 0.15) is 18.3 Å². The molecule has 4 fully saturated rings. The molecule has 0 spiro atoms. The summed E-state index contributed by atoms with van der Waals surface area (Å²) in [5.41, 5.74) is -0.0667. The van der Waals surface area contributed by atoms with E-state index in [1.165, 1.54) is 20.3 Å². The van der Waals surface area contributed by atoms with E-state index in [1.807, 2.05) is 0 Å². The minimum absolute atomic E-state index is 0.0464. The molecule has 0 aliphatic heterocycles. The van der Waals surface area contributed by atoms with E-state index in [-0.39, 0.29) is 53.0 Å². The van der Waals surface area contributed by atoms with Gasteiger partial charge in [0.2, 0.25) is 0 Å². The summed E-state index contributed by atoms with van der Waals surface area (Å²) in [4.78, 5) is 36.4. The Morgan fingerprint density at radius 1 is 0.861 bits per heavy atom. The summed E-state index contributed by atoms with van der Waals surface area (Å²) in [6, 6.07) is 0. The SMILES string of the molecule is CCC[C@@H](C)[C@H]1CC[C@H]2[C@@H]3[C@H](OC(C)=O)C[C@@H]4C[C@H](OC(C)=O)CC[C@]4(C)[C@H]3C[C@@H](OC(C)=O)[C@]12C. The fourth-order valence-corrected chi connectivity index (χ4v) is 9.77. The van der Waals surface area contributed by atoms with E-state index in [4.69, 9.17) is 14.2 Å². The summed E-state index contributed by atoms with van der Waals surface area (Å²) in [7, 11) is 0. The van der Waals surface area contributed by atoms with E-state index in [1.54, 1.807) is 6.92 Å². The van der Waals surface area contributed by atoms with Crippen LogP contribution in [-0.4, -0.2) is 36.2 Å². The number of hydrogen-bond acceptors (Lipinski definition) is 6. The molecule has 0 unspecified atom stereocenters. The largest absolute Gasteiger partial charge is 0.463 e. The van der Waals surface area contributed by atoms with Crippen molar-refractivity contribution in [3.63, 3.8) is 0 Å². The van der Waals surface area contributed by atoms with E-state index in [0.29, 0.717) is 29.6 Å². The molecule has 4 aliphatic carbocycles. The first-order valence-corrected chi connectivity index (χ1v) is 14.4. The van der Waals surface area contributed by atoms with Crippen molar-refractivity contribution < 1.29 is 28.6 Å². The third-order valence-corrected chi connectivity index (χ3v) is 11.1. The van der Waals surface area contributed by atoms with Gasteiger partial charge in [-0.1, -0.05) is 40.5 Å². The van der Waals surface area contributed by atoms with Crippen molar-refractivity contribution in [2.45, 2.75) is 125 Å². The summed E-state index contributed by atoms with van der Waals surface area (Å²) >= 11 is 0. The van der Waals surface area contributed by atoms with Crippen LogP contribution in [0.3, 0.4) is 0 Å². The van der Waals surface area contributed by atoms with Gasteiger partial charge in [-0.25, -0.2) is 0 Å². The van der Waals surface area contributed by atoms with Crippen molar-refractivity contribution in [3.8, 4) is 0 Å². The molecular weight excluding hydrogens is 456 g/mol. The van der Waals surface area contributed by atoms with Gasteiger partial charge in [-0.2, -0.15) is 0 Å². The number of carbonyl (C=O) groups is 3. The third-order valence-electron chi connectivity index (χ3n) is 11.1. The normalized spacial score (nSPS) is 44.4. The van der Waals surface area contributed by atoms with Crippen molar-refractivity contribution in [1.29, 1.82) is 0 Å². The third kappa shape index (κ3) is 4.71. The highest BCUT2D eigenvalue weighted by atomic mass is 16.6. The van der Waals surface area contributed by atoms with Crippen molar-refractivity contribution >= 4 is 17.9 Å². The molecule has 6 heteroatoms. The molecule has 0 saturated heterocycles. The zero-order valence-electron chi connectivity index (χ0n) is 23.5. The number of carbonyl (C=O) groups excluding carboxylic acids is 3. The smallest absolute Gasteiger partial charge is 0.302 e. The number of ether oxygens (including phenoxy) is 3. The number of esters is 3. The highest BCUT2D eigenvalue weighted by Gasteiger charge is 2.67. The van der Waals surface area contributed by atoms with Gasteiger partial charge < -0.3 is 14.2 Å². The van der Waals surface area contributed by atoms with Crippen molar-refractivity contribution in [3.05, 3.63) is 0 Å². The van der Waals surface area contributed by atoms with E-state index in [9.17, 15) is 14.4 Å². The molecule has 36 heavy (non-hydrogen) atoms. The van der Waals surface area contributed by atoms with E-state index >= 15 is 0 Å². The zero-order chi connectivity index (χ0) is 26.4. The average Bonchev–Trinajstić information content (AvgIpc) is 3.12. The second-order valence-corrected chi connectivity index (χ2v) is 13.0. The van der Waals surface area contributed by atoms with Gasteiger partial charge in [0.15, 0.2) is 0 Å². The minimum Gasteiger partial charge on any atom is -0.463 e. The maximum Gasteiger partial charge on any atom is 0.302 e. The molecule has 4 saturated carbocycles. The quantitative estimate of drug-likeness (QED) is 0.321. The number of hydrogen-bond donors (Lipinski definition) is 0. The first-order chi connectivity index (χ1) is 16.9. The second-order valence-electron chi connectivity index (χ2n) is 13.0. The molecule has 11 atom stereocenters. The summed E-state index contributed by atoms with van der Waals surface area (Å²) in [5.74, 6) is 1.67. The van der Waals surface area contributed by atoms with Crippen molar-refractivity contribution in [2.24, 2.45) is 46.3 Å². The zero-order valence-corrected chi connectivity index (χ0v) is 23.5. The van der Waals surface area contributed by atoms with E-state index < -0.39 is 0 Å². The van der Waals surface area contributed by atoms with Crippen LogP contribution in [0.2, 0.25) is 0 Å². The Kier molecular flexibility index (Phi) is 7.84. The lowest BCUT2D eigenvalue weighted by molar-refractivity contribution is -0.224. The molecule has 6 nitrogen and oxygen atoms in total. The Labute approximate surface area is 217 Å². The lowest BCUT2D eigenvalue weighted by Gasteiger charge is -2.64. The standard InChI is InChI=1S/C30H48O6/c1-8-9-17(2)23-10-11-24-28-25(16-27(30(23,24)7)36-20(5)33)29(6)13-12-22(34-18(3)31)14-21(29)15-26(28)35-19(4)32/h17,21-28H,8-16H2,1-7H3/t17-,21+,22-,23-,24+,25+,26-,27-,28+,29+,30-/m1/s1. The fourth-order valence-electron chi connectivity index (χ4n) is 9.77. The molecule has 4 aliphatic rings.